The molecule has 0 aromatic carbocycles. The summed E-state index contributed by atoms with van der Waals surface area (Å²) < 4.78 is 0. The van der Waals surface area contributed by atoms with Gasteiger partial charge in [0.25, 0.3) is 0 Å². The van der Waals surface area contributed by atoms with Crippen molar-refractivity contribution < 1.29 is 29.7 Å². The van der Waals surface area contributed by atoms with Gasteiger partial charge in [-0.2, -0.15) is 0 Å². The molecule has 0 fully saturated rings. The van der Waals surface area contributed by atoms with Crippen LogP contribution in [0.5, 0.6) is 0 Å². The molecule has 0 saturated carbocycles. The SMILES string of the molecule is CCCCCCCC/C=C\CCCCCCCC(=O)N(CCO)CCN(CC(=O)O)CC(=O)O.[NaH]. The molecule has 0 radical (unpaired) electrons. The molecule has 0 unspecified atom stereocenters. The van der Waals surface area contributed by atoms with Gasteiger partial charge in [-0.3, -0.25) is 19.3 Å². The third-order valence-corrected chi connectivity index (χ3v) is 5.78. The minimum atomic E-state index is -1.12. The van der Waals surface area contributed by atoms with Gasteiger partial charge in [0.15, 0.2) is 0 Å². The van der Waals surface area contributed by atoms with E-state index in [2.05, 4.69) is 19.1 Å². The van der Waals surface area contributed by atoms with Crippen LogP contribution in [0.25, 0.3) is 0 Å². The Balaban J connectivity index is 0. The molecule has 0 aliphatic rings. The second-order valence-electron chi connectivity index (χ2n) is 8.94. The van der Waals surface area contributed by atoms with Gasteiger partial charge in [-0.25, -0.2) is 0 Å². The standard InChI is InChI=1S/C26H48N2O6.Na.H/c1-2-3-4-5-6-7-8-9-10-11-12-13-14-15-16-17-24(30)28(20-21-29)19-18-27(22-25(31)32)23-26(33)34;;/h9-10,29H,2-8,11-23H2,1H3,(H,31,32)(H,33,34);;/b10-9-;;. The van der Waals surface area contributed by atoms with Crippen molar-refractivity contribution >= 4 is 47.4 Å². The molecule has 0 saturated heterocycles. The van der Waals surface area contributed by atoms with Crippen LogP contribution < -0.4 is 0 Å². The molecule has 8 nitrogen and oxygen atoms in total. The Bertz CT molecular complexity index is 558. The first-order chi connectivity index (χ1) is 16.4. The van der Waals surface area contributed by atoms with E-state index in [1.165, 1.54) is 61.2 Å². The number of allylic oxidation sites excluding steroid dienone is 2. The van der Waals surface area contributed by atoms with Crippen LogP contribution in [0.4, 0.5) is 0 Å². The van der Waals surface area contributed by atoms with E-state index in [9.17, 15) is 19.5 Å². The average molecular weight is 509 g/mol. The molecule has 200 valence electrons. The number of carboxylic acid groups (broad SMARTS) is 2. The second-order valence-corrected chi connectivity index (χ2v) is 8.94. The van der Waals surface area contributed by atoms with Crippen LogP contribution in [-0.4, -0.2) is 112 Å². The Morgan fingerprint density at radius 3 is 1.66 bits per heavy atom. The first-order valence-corrected chi connectivity index (χ1v) is 13.1. The van der Waals surface area contributed by atoms with E-state index in [0.29, 0.717) is 6.42 Å². The number of aliphatic hydroxyl groups excluding tert-OH is 1. The van der Waals surface area contributed by atoms with Gasteiger partial charge in [0.1, 0.15) is 0 Å². The molecule has 0 rings (SSSR count). The Morgan fingerprint density at radius 2 is 1.17 bits per heavy atom. The average Bonchev–Trinajstić information content (AvgIpc) is 2.78. The first-order valence-electron chi connectivity index (χ1n) is 13.1. The van der Waals surface area contributed by atoms with Crippen LogP contribution in [0, 0.1) is 0 Å². The number of aliphatic carboxylic acids is 2. The first kappa shape index (κ1) is 36.2. The molecule has 0 aromatic rings. The van der Waals surface area contributed by atoms with Crippen molar-refractivity contribution in [3.8, 4) is 0 Å². The molecule has 0 aliphatic heterocycles. The summed E-state index contributed by atoms with van der Waals surface area (Å²) in [5.41, 5.74) is 0. The van der Waals surface area contributed by atoms with Crippen molar-refractivity contribution in [3.05, 3.63) is 12.2 Å². The summed E-state index contributed by atoms with van der Waals surface area (Å²) in [6.07, 6.45) is 20.4. The van der Waals surface area contributed by atoms with Crippen molar-refractivity contribution in [2.24, 2.45) is 0 Å². The quantitative estimate of drug-likeness (QED) is 0.103. The van der Waals surface area contributed by atoms with Crippen molar-refractivity contribution in [1.29, 1.82) is 0 Å². The molecular weight excluding hydrogens is 459 g/mol. The van der Waals surface area contributed by atoms with Gasteiger partial charge >= 0.3 is 41.5 Å². The molecule has 0 aliphatic carbocycles. The van der Waals surface area contributed by atoms with E-state index < -0.39 is 25.0 Å². The summed E-state index contributed by atoms with van der Waals surface area (Å²) in [5, 5.41) is 27.1. The van der Waals surface area contributed by atoms with E-state index in [1.807, 2.05) is 0 Å². The third-order valence-electron chi connectivity index (χ3n) is 5.78. The van der Waals surface area contributed by atoms with E-state index in [4.69, 9.17) is 10.2 Å². The summed E-state index contributed by atoms with van der Waals surface area (Å²) in [6, 6.07) is 0. The van der Waals surface area contributed by atoms with Crippen LogP contribution in [0.2, 0.25) is 0 Å². The third kappa shape index (κ3) is 24.5. The van der Waals surface area contributed by atoms with E-state index >= 15 is 0 Å². The summed E-state index contributed by atoms with van der Waals surface area (Å²) in [6.45, 7) is 1.75. The molecule has 0 aromatic heterocycles. The fraction of sp³-hybridized carbons (Fsp3) is 0.808. The Kier molecular flexibility index (Phi) is 27.1. The molecule has 0 spiro atoms. The van der Waals surface area contributed by atoms with Gasteiger partial charge in [-0.05, 0) is 32.1 Å². The second kappa shape index (κ2) is 26.1. The van der Waals surface area contributed by atoms with Crippen molar-refractivity contribution in [2.75, 3.05) is 39.3 Å². The molecule has 0 bridgehead atoms. The van der Waals surface area contributed by atoms with Gasteiger partial charge in [0.05, 0.1) is 19.7 Å². The fourth-order valence-corrected chi connectivity index (χ4v) is 3.85. The number of nitrogens with zero attached hydrogens (tertiary/aromatic N) is 2. The van der Waals surface area contributed by atoms with E-state index in [1.54, 1.807) is 0 Å². The van der Waals surface area contributed by atoms with Gasteiger partial charge in [-0.1, -0.05) is 70.4 Å². The molecule has 9 heteroatoms. The predicted octanol–water partition coefficient (Wildman–Crippen LogP) is 3.67. The number of carbonyl (C=O) groups is 3. The summed E-state index contributed by atoms with van der Waals surface area (Å²) >= 11 is 0. The number of amides is 1. The zero-order valence-corrected chi connectivity index (χ0v) is 21.3. The number of aliphatic hydroxyl groups is 1. The summed E-state index contributed by atoms with van der Waals surface area (Å²) in [5.74, 6) is -2.32. The van der Waals surface area contributed by atoms with Gasteiger partial charge in [-0.15, -0.1) is 0 Å². The van der Waals surface area contributed by atoms with Gasteiger partial charge < -0.3 is 20.2 Å². The number of unbranched alkanes of at least 4 members (excludes halogenated alkanes) is 11. The molecular formula is C26H49N2NaO6. The van der Waals surface area contributed by atoms with Gasteiger partial charge in [0.2, 0.25) is 5.91 Å². The molecule has 1 amide bonds. The number of hydrogen-bond acceptors (Lipinski definition) is 5. The van der Waals surface area contributed by atoms with Crippen LogP contribution >= 0.6 is 0 Å². The van der Waals surface area contributed by atoms with E-state index in [-0.39, 0.29) is 61.7 Å². The summed E-state index contributed by atoms with van der Waals surface area (Å²) in [4.78, 5) is 37.0. The monoisotopic (exact) mass is 508 g/mol. The Labute approximate surface area is 234 Å². The van der Waals surface area contributed by atoms with Crippen molar-refractivity contribution in [3.63, 3.8) is 0 Å². The number of hydrogen-bond donors (Lipinski definition) is 3. The normalized spacial score (nSPS) is 11.1. The minimum absolute atomic E-state index is 0. The van der Waals surface area contributed by atoms with E-state index in [0.717, 1.165) is 32.1 Å². The van der Waals surface area contributed by atoms with Crippen LogP contribution in [0.15, 0.2) is 12.2 Å². The van der Waals surface area contributed by atoms with Gasteiger partial charge in [0, 0.05) is 26.1 Å². The molecule has 0 heterocycles. The topological polar surface area (TPSA) is 118 Å². The Morgan fingerprint density at radius 1 is 0.686 bits per heavy atom. The Hall–Kier alpha value is -0.930. The predicted molar refractivity (Wildman–Crippen MR) is 142 cm³/mol. The molecule has 0 atom stereocenters. The fourth-order valence-electron chi connectivity index (χ4n) is 3.85. The number of carbonyl (C=O) groups excluding carboxylic acids is 1. The van der Waals surface area contributed by atoms with Crippen molar-refractivity contribution in [1.82, 2.24) is 9.80 Å². The van der Waals surface area contributed by atoms with Crippen molar-refractivity contribution in [2.45, 2.75) is 96.8 Å². The number of carboxylic acids is 2. The van der Waals surface area contributed by atoms with Crippen LogP contribution in [0.1, 0.15) is 96.8 Å². The molecule has 35 heavy (non-hydrogen) atoms. The van der Waals surface area contributed by atoms with Crippen LogP contribution in [-0.2, 0) is 14.4 Å². The maximum absolute atomic E-state index is 12.5. The molecule has 3 N–H and O–H groups in total. The zero-order chi connectivity index (χ0) is 25.4. The maximum atomic E-state index is 12.5. The zero-order valence-electron chi connectivity index (χ0n) is 21.3. The van der Waals surface area contributed by atoms with Crippen LogP contribution in [0.3, 0.4) is 0 Å². The number of rotatable bonds is 24. The summed E-state index contributed by atoms with van der Waals surface area (Å²) in [7, 11) is 0.